The van der Waals surface area contributed by atoms with Gasteiger partial charge in [-0.05, 0) is 26.0 Å². The van der Waals surface area contributed by atoms with Crippen molar-refractivity contribution in [1.29, 1.82) is 0 Å². The van der Waals surface area contributed by atoms with Crippen LogP contribution in [0, 0.1) is 0 Å². The van der Waals surface area contributed by atoms with E-state index in [1.165, 1.54) is 0 Å². The molecular formula is C13H16N4O2. The third-order valence-electron chi connectivity index (χ3n) is 2.67. The Bertz CT molecular complexity index is 563. The fourth-order valence-corrected chi connectivity index (χ4v) is 1.46. The van der Waals surface area contributed by atoms with Gasteiger partial charge in [-0.15, -0.1) is 0 Å². The summed E-state index contributed by atoms with van der Waals surface area (Å²) in [7, 11) is 0. The number of nitrogens with one attached hydrogen (secondary N) is 1. The average molecular weight is 260 g/mol. The molecule has 0 atom stereocenters. The van der Waals surface area contributed by atoms with E-state index in [9.17, 15) is 4.79 Å². The van der Waals surface area contributed by atoms with Crippen molar-refractivity contribution in [3.05, 3.63) is 36.3 Å². The molecule has 0 bridgehead atoms. The number of nitrogens with zero attached hydrogens (tertiary/aromatic N) is 2. The third-order valence-corrected chi connectivity index (χ3v) is 2.67. The SMILES string of the molecule is CC(C)(CN)NC(=O)c1cc(-c2ccncc2)on1. The first-order valence-corrected chi connectivity index (χ1v) is 5.91. The van der Waals surface area contributed by atoms with E-state index in [2.05, 4.69) is 15.5 Å². The van der Waals surface area contributed by atoms with Gasteiger partial charge in [-0.1, -0.05) is 5.16 Å². The number of aromatic nitrogens is 2. The van der Waals surface area contributed by atoms with Crippen molar-refractivity contribution in [3.8, 4) is 11.3 Å². The van der Waals surface area contributed by atoms with E-state index in [1.54, 1.807) is 30.6 Å². The van der Waals surface area contributed by atoms with Crippen molar-refractivity contribution in [1.82, 2.24) is 15.5 Å². The number of rotatable bonds is 4. The number of nitrogens with two attached hydrogens (primary N) is 1. The van der Waals surface area contributed by atoms with Crippen LogP contribution in [0.4, 0.5) is 0 Å². The van der Waals surface area contributed by atoms with Crippen LogP contribution in [0.1, 0.15) is 24.3 Å². The second-order valence-electron chi connectivity index (χ2n) is 4.85. The summed E-state index contributed by atoms with van der Waals surface area (Å²) in [6.07, 6.45) is 3.30. The Kier molecular flexibility index (Phi) is 3.62. The van der Waals surface area contributed by atoms with E-state index in [4.69, 9.17) is 10.3 Å². The fourth-order valence-electron chi connectivity index (χ4n) is 1.46. The van der Waals surface area contributed by atoms with Crippen molar-refractivity contribution >= 4 is 5.91 Å². The lowest BCUT2D eigenvalue weighted by molar-refractivity contribution is 0.0906. The molecule has 3 N–H and O–H groups in total. The van der Waals surface area contributed by atoms with Gasteiger partial charge in [0.05, 0.1) is 0 Å². The van der Waals surface area contributed by atoms with E-state index in [0.717, 1.165) is 5.56 Å². The highest BCUT2D eigenvalue weighted by atomic mass is 16.5. The molecule has 2 rings (SSSR count). The molecule has 2 aromatic rings. The molecule has 0 aromatic carbocycles. The summed E-state index contributed by atoms with van der Waals surface area (Å²) in [4.78, 5) is 15.9. The molecule has 0 spiro atoms. The van der Waals surface area contributed by atoms with E-state index in [1.807, 2.05) is 13.8 Å². The van der Waals surface area contributed by atoms with Gasteiger partial charge in [-0.2, -0.15) is 0 Å². The maximum Gasteiger partial charge on any atom is 0.273 e. The van der Waals surface area contributed by atoms with Crippen molar-refractivity contribution in [2.24, 2.45) is 5.73 Å². The minimum absolute atomic E-state index is 0.230. The Morgan fingerprint density at radius 2 is 2.11 bits per heavy atom. The molecule has 0 fully saturated rings. The minimum atomic E-state index is -0.479. The molecule has 0 aliphatic heterocycles. The summed E-state index contributed by atoms with van der Waals surface area (Å²) in [5, 5.41) is 6.55. The van der Waals surface area contributed by atoms with E-state index < -0.39 is 5.54 Å². The van der Waals surface area contributed by atoms with Gasteiger partial charge in [0, 0.05) is 36.1 Å². The van der Waals surface area contributed by atoms with Crippen molar-refractivity contribution in [2.75, 3.05) is 6.54 Å². The highest BCUT2D eigenvalue weighted by Gasteiger charge is 2.21. The van der Waals surface area contributed by atoms with Gasteiger partial charge < -0.3 is 15.6 Å². The molecule has 100 valence electrons. The van der Waals surface area contributed by atoms with Crippen LogP contribution < -0.4 is 11.1 Å². The minimum Gasteiger partial charge on any atom is -0.355 e. The third kappa shape index (κ3) is 3.17. The number of carbonyl (C=O) groups excluding carboxylic acids is 1. The molecule has 0 aliphatic rings. The zero-order valence-electron chi connectivity index (χ0n) is 10.9. The molecule has 0 radical (unpaired) electrons. The van der Waals surface area contributed by atoms with Gasteiger partial charge in [-0.25, -0.2) is 0 Å². The molecule has 2 heterocycles. The number of amides is 1. The topological polar surface area (TPSA) is 94.0 Å². The van der Waals surface area contributed by atoms with Crippen LogP contribution in [0.5, 0.6) is 0 Å². The first kappa shape index (κ1) is 13.2. The van der Waals surface area contributed by atoms with Crippen LogP contribution in [0.15, 0.2) is 35.1 Å². The van der Waals surface area contributed by atoms with Crippen LogP contribution in [0.2, 0.25) is 0 Å². The summed E-state index contributed by atoms with van der Waals surface area (Å²) >= 11 is 0. The number of hydrogen-bond donors (Lipinski definition) is 2. The Balaban J connectivity index is 2.16. The van der Waals surface area contributed by atoms with Crippen LogP contribution in [0.25, 0.3) is 11.3 Å². The Labute approximate surface area is 111 Å². The molecule has 6 nitrogen and oxygen atoms in total. The second kappa shape index (κ2) is 5.19. The maximum absolute atomic E-state index is 12.0. The Morgan fingerprint density at radius 3 is 2.74 bits per heavy atom. The van der Waals surface area contributed by atoms with Crippen molar-refractivity contribution in [3.63, 3.8) is 0 Å². The highest BCUT2D eigenvalue weighted by Crippen LogP contribution is 2.19. The number of pyridine rings is 1. The lowest BCUT2D eigenvalue weighted by atomic mass is 10.1. The molecule has 2 aromatic heterocycles. The normalized spacial score (nSPS) is 11.3. The van der Waals surface area contributed by atoms with Crippen LogP contribution >= 0.6 is 0 Å². The van der Waals surface area contributed by atoms with E-state index in [0.29, 0.717) is 12.3 Å². The fraction of sp³-hybridized carbons (Fsp3) is 0.308. The zero-order valence-corrected chi connectivity index (χ0v) is 10.9. The van der Waals surface area contributed by atoms with Crippen LogP contribution in [-0.2, 0) is 0 Å². The average Bonchev–Trinajstić information content (AvgIpc) is 2.89. The zero-order chi connectivity index (χ0) is 13.9. The lowest BCUT2D eigenvalue weighted by Gasteiger charge is -2.23. The van der Waals surface area contributed by atoms with Gasteiger partial charge in [0.25, 0.3) is 5.91 Å². The van der Waals surface area contributed by atoms with Gasteiger partial charge in [0.2, 0.25) is 0 Å². The first-order valence-electron chi connectivity index (χ1n) is 5.91. The largest absolute Gasteiger partial charge is 0.355 e. The summed E-state index contributed by atoms with van der Waals surface area (Å²) < 4.78 is 5.15. The Morgan fingerprint density at radius 1 is 1.42 bits per heavy atom. The molecule has 0 saturated heterocycles. The lowest BCUT2D eigenvalue weighted by Crippen LogP contribution is -2.48. The second-order valence-corrected chi connectivity index (χ2v) is 4.85. The van der Waals surface area contributed by atoms with Crippen molar-refractivity contribution < 1.29 is 9.32 Å². The Hall–Kier alpha value is -2.21. The summed E-state index contributed by atoms with van der Waals surface area (Å²) in [6.45, 7) is 4.03. The predicted molar refractivity (Wildman–Crippen MR) is 70.3 cm³/mol. The maximum atomic E-state index is 12.0. The highest BCUT2D eigenvalue weighted by molar-refractivity contribution is 5.93. The molecule has 0 unspecified atom stereocenters. The van der Waals surface area contributed by atoms with Crippen LogP contribution in [0.3, 0.4) is 0 Å². The number of carbonyl (C=O) groups is 1. The first-order chi connectivity index (χ1) is 9.02. The van der Waals surface area contributed by atoms with Gasteiger partial charge in [-0.3, -0.25) is 9.78 Å². The van der Waals surface area contributed by atoms with Gasteiger partial charge >= 0.3 is 0 Å². The van der Waals surface area contributed by atoms with Crippen LogP contribution in [-0.4, -0.2) is 28.1 Å². The summed E-state index contributed by atoms with van der Waals surface area (Å²) in [5.74, 6) is 0.220. The standard InChI is InChI=1S/C13H16N4O2/c1-13(2,8-14)16-12(18)10-7-11(19-17-10)9-3-5-15-6-4-9/h3-7H,8,14H2,1-2H3,(H,16,18). The van der Waals surface area contributed by atoms with Gasteiger partial charge in [0.15, 0.2) is 11.5 Å². The summed E-state index contributed by atoms with van der Waals surface area (Å²) in [5.41, 5.74) is 6.13. The van der Waals surface area contributed by atoms with E-state index in [-0.39, 0.29) is 11.6 Å². The molecule has 1 amide bonds. The van der Waals surface area contributed by atoms with E-state index >= 15 is 0 Å². The molecular weight excluding hydrogens is 244 g/mol. The predicted octanol–water partition coefficient (Wildman–Crippen LogP) is 1.20. The smallest absolute Gasteiger partial charge is 0.273 e. The number of hydrogen-bond acceptors (Lipinski definition) is 5. The quantitative estimate of drug-likeness (QED) is 0.861. The molecule has 0 aliphatic carbocycles. The molecule has 6 heteroatoms. The molecule has 19 heavy (non-hydrogen) atoms. The monoisotopic (exact) mass is 260 g/mol. The van der Waals surface area contributed by atoms with Gasteiger partial charge in [0.1, 0.15) is 0 Å². The van der Waals surface area contributed by atoms with Crippen molar-refractivity contribution in [2.45, 2.75) is 19.4 Å². The summed E-state index contributed by atoms with van der Waals surface area (Å²) in [6, 6.07) is 5.16. The molecule has 0 saturated carbocycles.